The molecule has 0 unspecified atom stereocenters. The Bertz CT molecular complexity index is 704. The third-order valence-electron chi connectivity index (χ3n) is 3.37. The fourth-order valence-corrected chi connectivity index (χ4v) is 2.42. The molecule has 0 aliphatic carbocycles. The number of anilines is 1. The standard InChI is InChI=1S/C17H18ClN3O2/c1-12-9-15(18)3-4-16(12)21(13(2)22)11-17(23)20-10-14-5-7-19-8-6-14/h3-9H,10-11H2,1-2H3,(H,20,23). The Morgan fingerprint density at radius 3 is 2.52 bits per heavy atom. The summed E-state index contributed by atoms with van der Waals surface area (Å²) < 4.78 is 0. The van der Waals surface area contributed by atoms with Gasteiger partial charge in [-0.3, -0.25) is 14.6 Å². The highest BCUT2D eigenvalue weighted by Crippen LogP contribution is 2.23. The van der Waals surface area contributed by atoms with Crippen LogP contribution in [0, 0.1) is 6.92 Å². The number of rotatable bonds is 5. The van der Waals surface area contributed by atoms with Crippen molar-refractivity contribution in [3.63, 3.8) is 0 Å². The Kier molecular flexibility index (Phi) is 5.71. The number of carbonyl (C=O) groups is 2. The summed E-state index contributed by atoms with van der Waals surface area (Å²) >= 11 is 5.94. The van der Waals surface area contributed by atoms with Crippen LogP contribution in [0.1, 0.15) is 18.1 Å². The van der Waals surface area contributed by atoms with Gasteiger partial charge in [-0.1, -0.05) is 11.6 Å². The molecule has 5 nitrogen and oxygen atoms in total. The van der Waals surface area contributed by atoms with E-state index >= 15 is 0 Å². The van der Waals surface area contributed by atoms with Gasteiger partial charge in [0.1, 0.15) is 6.54 Å². The van der Waals surface area contributed by atoms with Crippen molar-refractivity contribution in [2.75, 3.05) is 11.4 Å². The van der Waals surface area contributed by atoms with E-state index in [0.717, 1.165) is 11.1 Å². The fraction of sp³-hybridized carbons (Fsp3) is 0.235. The lowest BCUT2D eigenvalue weighted by Gasteiger charge is -2.22. The van der Waals surface area contributed by atoms with Gasteiger partial charge >= 0.3 is 0 Å². The molecule has 1 aromatic heterocycles. The summed E-state index contributed by atoms with van der Waals surface area (Å²) in [6.07, 6.45) is 3.33. The molecule has 0 radical (unpaired) electrons. The number of nitrogens with one attached hydrogen (secondary N) is 1. The minimum Gasteiger partial charge on any atom is -0.350 e. The van der Waals surface area contributed by atoms with Crippen LogP contribution in [-0.4, -0.2) is 23.3 Å². The van der Waals surface area contributed by atoms with Crippen molar-refractivity contribution in [2.45, 2.75) is 20.4 Å². The minimum absolute atomic E-state index is 0.0388. The van der Waals surface area contributed by atoms with Crippen LogP contribution in [0.2, 0.25) is 5.02 Å². The number of benzene rings is 1. The van der Waals surface area contributed by atoms with Gasteiger partial charge in [0.25, 0.3) is 0 Å². The second kappa shape index (κ2) is 7.74. The molecule has 0 spiro atoms. The number of hydrogen-bond acceptors (Lipinski definition) is 3. The Morgan fingerprint density at radius 2 is 1.91 bits per heavy atom. The maximum absolute atomic E-state index is 12.1. The zero-order valence-corrected chi connectivity index (χ0v) is 13.8. The van der Waals surface area contributed by atoms with E-state index in [4.69, 9.17) is 11.6 Å². The smallest absolute Gasteiger partial charge is 0.240 e. The predicted molar refractivity (Wildman–Crippen MR) is 90.3 cm³/mol. The molecule has 2 aromatic rings. The molecule has 120 valence electrons. The van der Waals surface area contributed by atoms with Gasteiger partial charge in [-0.05, 0) is 48.4 Å². The number of hydrogen-bond donors (Lipinski definition) is 1. The average molecular weight is 332 g/mol. The van der Waals surface area contributed by atoms with Crippen molar-refractivity contribution in [2.24, 2.45) is 0 Å². The van der Waals surface area contributed by atoms with Gasteiger partial charge < -0.3 is 10.2 Å². The topological polar surface area (TPSA) is 62.3 Å². The molecule has 1 N–H and O–H groups in total. The molecule has 0 saturated heterocycles. The van der Waals surface area contributed by atoms with E-state index in [-0.39, 0.29) is 18.4 Å². The third-order valence-corrected chi connectivity index (χ3v) is 3.61. The first-order valence-electron chi connectivity index (χ1n) is 7.17. The summed E-state index contributed by atoms with van der Waals surface area (Å²) in [5.41, 5.74) is 2.47. The lowest BCUT2D eigenvalue weighted by Crippen LogP contribution is -2.40. The molecule has 0 fully saturated rings. The van der Waals surface area contributed by atoms with Crippen LogP contribution in [-0.2, 0) is 16.1 Å². The molecule has 1 heterocycles. The van der Waals surface area contributed by atoms with Crippen LogP contribution in [0.4, 0.5) is 5.69 Å². The average Bonchev–Trinajstić information content (AvgIpc) is 2.52. The summed E-state index contributed by atoms with van der Waals surface area (Å²) in [6.45, 7) is 3.64. The summed E-state index contributed by atoms with van der Waals surface area (Å²) in [7, 11) is 0. The number of aromatic nitrogens is 1. The van der Waals surface area contributed by atoms with E-state index in [9.17, 15) is 9.59 Å². The van der Waals surface area contributed by atoms with Gasteiger partial charge in [0.05, 0.1) is 0 Å². The monoisotopic (exact) mass is 331 g/mol. The zero-order valence-electron chi connectivity index (χ0n) is 13.0. The number of halogens is 1. The molecule has 0 aliphatic rings. The Balaban J connectivity index is 2.04. The van der Waals surface area contributed by atoms with Crippen LogP contribution in [0.3, 0.4) is 0 Å². The first-order valence-corrected chi connectivity index (χ1v) is 7.55. The van der Waals surface area contributed by atoms with E-state index in [1.807, 2.05) is 19.1 Å². The number of amides is 2. The Labute approximate surface area is 140 Å². The lowest BCUT2D eigenvalue weighted by atomic mass is 10.1. The second-order valence-electron chi connectivity index (χ2n) is 5.17. The summed E-state index contributed by atoms with van der Waals surface area (Å²) in [4.78, 5) is 29.4. The molecule has 0 aliphatic heterocycles. The first-order chi connectivity index (χ1) is 11.0. The molecule has 2 amide bonds. The van der Waals surface area contributed by atoms with Crippen molar-refractivity contribution < 1.29 is 9.59 Å². The molecule has 23 heavy (non-hydrogen) atoms. The van der Waals surface area contributed by atoms with Gasteiger partial charge in [-0.15, -0.1) is 0 Å². The van der Waals surface area contributed by atoms with Crippen LogP contribution < -0.4 is 10.2 Å². The number of nitrogens with zero attached hydrogens (tertiary/aromatic N) is 2. The van der Waals surface area contributed by atoms with E-state index < -0.39 is 0 Å². The highest BCUT2D eigenvalue weighted by molar-refractivity contribution is 6.30. The van der Waals surface area contributed by atoms with Crippen LogP contribution in [0.25, 0.3) is 0 Å². The summed E-state index contributed by atoms with van der Waals surface area (Å²) in [5.74, 6) is -0.430. The summed E-state index contributed by atoms with van der Waals surface area (Å²) in [5, 5.41) is 3.39. The highest BCUT2D eigenvalue weighted by atomic mass is 35.5. The van der Waals surface area contributed by atoms with Gasteiger partial charge in [-0.2, -0.15) is 0 Å². The normalized spacial score (nSPS) is 10.2. The van der Waals surface area contributed by atoms with Gasteiger partial charge in [0.2, 0.25) is 11.8 Å². The van der Waals surface area contributed by atoms with Crippen molar-refractivity contribution >= 4 is 29.1 Å². The quantitative estimate of drug-likeness (QED) is 0.916. The molecule has 0 saturated carbocycles. The SMILES string of the molecule is CC(=O)N(CC(=O)NCc1ccncc1)c1ccc(Cl)cc1C. The van der Waals surface area contributed by atoms with E-state index in [0.29, 0.717) is 17.3 Å². The predicted octanol–water partition coefficient (Wildman–Crippen LogP) is 2.71. The van der Waals surface area contributed by atoms with Gasteiger partial charge in [0.15, 0.2) is 0 Å². The fourth-order valence-electron chi connectivity index (χ4n) is 2.19. The van der Waals surface area contributed by atoms with Crippen molar-refractivity contribution in [1.29, 1.82) is 0 Å². The first kappa shape index (κ1) is 17.0. The highest BCUT2D eigenvalue weighted by Gasteiger charge is 2.17. The van der Waals surface area contributed by atoms with Crippen LogP contribution >= 0.6 is 11.6 Å². The van der Waals surface area contributed by atoms with Crippen LogP contribution in [0.5, 0.6) is 0 Å². The van der Waals surface area contributed by atoms with E-state index in [1.165, 1.54) is 11.8 Å². The molecule has 2 rings (SSSR count). The van der Waals surface area contributed by atoms with Crippen molar-refractivity contribution in [3.05, 3.63) is 58.9 Å². The van der Waals surface area contributed by atoms with Crippen molar-refractivity contribution in [1.82, 2.24) is 10.3 Å². The number of carbonyl (C=O) groups excluding carboxylic acids is 2. The molecular weight excluding hydrogens is 314 g/mol. The van der Waals surface area contributed by atoms with Crippen molar-refractivity contribution in [3.8, 4) is 0 Å². The number of aryl methyl sites for hydroxylation is 1. The molecule has 1 aromatic carbocycles. The lowest BCUT2D eigenvalue weighted by molar-refractivity contribution is -0.123. The van der Waals surface area contributed by atoms with Gasteiger partial charge in [-0.25, -0.2) is 0 Å². The van der Waals surface area contributed by atoms with E-state index in [2.05, 4.69) is 10.3 Å². The molecule has 6 heteroatoms. The van der Waals surface area contributed by atoms with Crippen LogP contribution in [0.15, 0.2) is 42.7 Å². The molecule has 0 atom stereocenters. The Hall–Kier alpha value is -2.40. The zero-order chi connectivity index (χ0) is 16.8. The molecule has 0 bridgehead atoms. The van der Waals surface area contributed by atoms with E-state index in [1.54, 1.807) is 30.6 Å². The largest absolute Gasteiger partial charge is 0.350 e. The third kappa shape index (κ3) is 4.79. The Morgan fingerprint density at radius 1 is 1.22 bits per heavy atom. The van der Waals surface area contributed by atoms with Gasteiger partial charge in [0, 0.05) is 36.6 Å². The molecular formula is C17H18ClN3O2. The maximum atomic E-state index is 12.1. The summed E-state index contributed by atoms with van der Waals surface area (Å²) in [6, 6.07) is 8.87. The second-order valence-corrected chi connectivity index (χ2v) is 5.60. The minimum atomic E-state index is -0.230. The maximum Gasteiger partial charge on any atom is 0.240 e. The number of pyridine rings is 1.